The van der Waals surface area contributed by atoms with E-state index in [4.69, 9.17) is 0 Å². The quantitative estimate of drug-likeness (QED) is 0.285. The van der Waals surface area contributed by atoms with E-state index in [-0.39, 0.29) is 6.10 Å². The number of aliphatic hydroxyl groups is 1. The highest BCUT2D eigenvalue weighted by Crippen LogP contribution is 2.67. The molecule has 2 heteroatoms. The second-order valence-electron chi connectivity index (χ2n) is 12.8. The van der Waals surface area contributed by atoms with Gasteiger partial charge in [0.25, 0.3) is 0 Å². The van der Waals surface area contributed by atoms with Crippen LogP contribution in [0.5, 0.6) is 0 Å². The van der Waals surface area contributed by atoms with Crippen LogP contribution in [0.4, 0.5) is 0 Å². The maximum Gasteiger partial charge on any atom is 0.0577 e. The van der Waals surface area contributed by atoms with Crippen LogP contribution in [0, 0.1) is 46.3 Å². The summed E-state index contributed by atoms with van der Waals surface area (Å²) >= 11 is 4.38. The SMILES string of the molecule is CC(CCCS)CCCC(C)[C@H]1CC[C@H]2[C@@H]3CC=C4C[C@@H](O)CC[C@]4(C)[C@H]3CC[C@]12C. The number of aliphatic hydroxyl groups excluding tert-OH is 1. The zero-order valence-corrected chi connectivity index (χ0v) is 21.8. The van der Waals surface area contributed by atoms with E-state index in [1.54, 1.807) is 5.57 Å². The Morgan fingerprint density at radius 3 is 2.55 bits per heavy atom. The molecular formula is C29H50OS. The Morgan fingerprint density at radius 1 is 1.00 bits per heavy atom. The first-order valence-corrected chi connectivity index (χ1v) is 14.4. The fraction of sp³-hybridized carbons (Fsp3) is 0.931. The van der Waals surface area contributed by atoms with Crippen molar-refractivity contribution in [2.45, 2.75) is 117 Å². The normalized spacial score (nSPS) is 44.1. The van der Waals surface area contributed by atoms with Crippen molar-refractivity contribution >= 4 is 12.6 Å². The lowest BCUT2D eigenvalue weighted by atomic mass is 9.47. The fourth-order valence-corrected chi connectivity index (χ4v) is 9.37. The summed E-state index contributed by atoms with van der Waals surface area (Å²) in [5, 5.41) is 10.2. The lowest BCUT2D eigenvalue weighted by molar-refractivity contribution is -0.0573. The molecule has 2 unspecified atom stereocenters. The molecule has 4 rings (SSSR count). The minimum Gasteiger partial charge on any atom is -0.393 e. The second-order valence-corrected chi connectivity index (χ2v) is 13.2. The molecule has 1 N–H and O–H groups in total. The lowest BCUT2D eigenvalue weighted by Gasteiger charge is -2.58. The molecule has 0 aromatic heterocycles. The smallest absolute Gasteiger partial charge is 0.0577 e. The molecule has 178 valence electrons. The third kappa shape index (κ3) is 4.55. The van der Waals surface area contributed by atoms with Gasteiger partial charge in [-0.05, 0) is 116 Å². The number of rotatable bonds is 8. The van der Waals surface area contributed by atoms with Gasteiger partial charge < -0.3 is 5.11 Å². The van der Waals surface area contributed by atoms with Crippen molar-refractivity contribution in [1.29, 1.82) is 0 Å². The molecular weight excluding hydrogens is 396 g/mol. The topological polar surface area (TPSA) is 20.2 Å². The molecule has 0 spiro atoms. The van der Waals surface area contributed by atoms with Crippen molar-refractivity contribution in [3.05, 3.63) is 11.6 Å². The summed E-state index contributed by atoms with van der Waals surface area (Å²) in [4.78, 5) is 0. The Bertz CT molecular complexity index is 643. The first kappa shape index (κ1) is 24.2. The van der Waals surface area contributed by atoms with Crippen LogP contribution in [0.25, 0.3) is 0 Å². The summed E-state index contributed by atoms with van der Waals surface area (Å²) in [6, 6.07) is 0. The van der Waals surface area contributed by atoms with E-state index in [1.807, 2.05) is 0 Å². The summed E-state index contributed by atoms with van der Waals surface area (Å²) in [5.41, 5.74) is 2.58. The summed E-state index contributed by atoms with van der Waals surface area (Å²) < 4.78 is 0. The van der Waals surface area contributed by atoms with Gasteiger partial charge in [0, 0.05) is 0 Å². The minimum atomic E-state index is -0.0814. The van der Waals surface area contributed by atoms with Gasteiger partial charge in [0.15, 0.2) is 0 Å². The van der Waals surface area contributed by atoms with Crippen molar-refractivity contribution in [2.75, 3.05) is 5.75 Å². The fourth-order valence-electron chi connectivity index (χ4n) is 9.19. The number of allylic oxidation sites excluding steroid dienone is 1. The Morgan fingerprint density at radius 2 is 1.77 bits per heavy atom. The van der Waals surface area contributed by atoms with Crippen LogP contribution in [-0.2, 0) is 0 Å². The third-order valence-corrected chi connectivity index (χ3v) is 11.4. The highest BCUT2D eigenvalue weighted by Gasteiger charge is 2.59. The number of hydrogen-bond donors (Lipinski definition) is 2. The van der Waals surface area contributed by atoms with Crippen LogP contribution in [0.3, 0.4) is 0 Å². The maximum absolute atomic E-state index is 10.2. The van der Waals surface area contributed by atoms with E-state index in [0.717, 1.165) is 54.1 Å². The van der Waals surface area contributed by atoms with E-state index in [0.29, 0.717) is 10.8 Å². The van der Waals surface area contributed by atoms with Crippen LogP contribution >= 0.6 is 12.6 Å². The van der Waals surface area contributed by atoms with Gasteiger partial charge in [-0.15, -0.1) is 0 Å². The third-order valence-electron chi connectivity index (χ3n) is 11.0. The Balaban J connectivity index is 1.39. The van der Waals surface area contributed by atoms with Gasteiger partial charge in [-0.1, -0.05) is 58.6 Å². The van der Waals surface area contributed by atoms with Gasteiger partial charge in [-0.25, -0.2) is 0 Å². The van der Waals surface area contributed by atoms with E-state index in [9.17, 15) is 5.11 Å². The molecule has 0 aromatic carbocycles. The zero-order chi connectivity index (χ0) is 22.2. The summed E-state index contributed by atoms with van der Waals surface area (Å²) in [6.45, 7) is 10.3. The Hall–Kier alpha value is 0.0500. The van der Waals surface area contributed by atoms with Gasteiger partial charge in [-0.2, -0.15) is 12.6 Å². The van der Waals surface area contributed by atoms with Gasteiger partial charge in [0.05, 0.1) is 6.10 Å². The van der Waals surface area contributed by atoms with E-state index >= 15 is 0 Å². The number of hydrogen-bond acceptors (Lipinski definition) is 2. The summed E-state index contributed by atoms with van der Waals surface area (Å²) in [5.74, 6) is 6.47. The molecule has 4 aliphatic rings. The van der Waals surface area contributed by atoms with Crippen LogP contribution in [0.15, 0.2) is 11.6 Å². The highest BCUT2D eigenvalue weighted by atomic mass is 32.1. The van der Waals surface area contributed by atoms with Crippen LogP contribution in [0.2, 0.25) is 0 Å². The predicted molar refractivity (Wildman–Crippen MR) is 136 cm³/mol. The van der Waals surface area contributed by atoms with Crippen molar-refractivity contribution in [3.8, 4) is 0 Å². The first-order valence-electron chi connectivity index (χ1n) is 13.8. The van der Waals surface area contributed by atoms with Crippen molar-refractivity contribution in [2.24, 2.45) is 46.3 Å². The largest absolute Gasteiger partial charge is 0.393 e. The van der Waals surface area contributed by atoms with E-state index in [1.165, 1.54) is 70.6 Å². The Kier molecular flexibility index (Phi) is 7.59. The lowest BCUT2D eigenvalue weighted by Crippen LogP contribution is -2.50. The molecule has 31 heavy (non-hydrogen) atoms. The molecule has 0 radical (unpaired) electrons. The summed E-state index contributed by atoms with van der Waals surface area (Å²) in [6.07, 6.45) is 19.8. The van der Waals surface area contributed by atoms with Crippen molar-refractivity contribution < 1.29 is 5.11 Å². The van der Waals surface area contributed by atoms with Gasteiger partial charge in [-0.3, -0.25) is 0 Å². The van der Waals surface area contributed by atoms with E-state index < -0.39 is 0 Å². The standard InChI is InChI=1S/C29H50OS/c1-20(8-6-18-31)7-5-9-21(2)25-12-13-26-24-11-10-22-19-23(30)14-16-28(22,3)27(24)15-17-29(25,26)4/h10,20-21,23-27,30-31H,5-9,11-19H2,1-4H3/t20?,21?,23-,24-,25+,26-,27-,28-,29+/m0/s1. The molecule has 0 saturated heterocycles. The first-order chi connectivity index (χ1) is 14.8. The summed E-state index contributed by atoms with van der Waals surface area (Å²) in [7, 11) is 0. The highest BCUT2D eigenvalue weighted by molar-refractivity contribution is 7.80. The van der Waals surface area contributed by atoms with Gasteiger partial charge >= 0.3 is 0 Å². The number of thiol groups is 1. The molecule has 9 atom stereocenters. The van der Waals surface area contributed by atoms with Crippen LogP contribution < -0.4 is 0 Å². The molecule has 3 saturated carbocycles. The van der Waals surface area contributed by atoms with Crippen molar-refractivity contribution in [3.63, 3.8) is 0 Å². The predicted octanol–water partition coefficient (Wildman–Crippen LogP) is 8.08. The van der Waals surface area contributed by atoms with Crippen molar-refractivity contribution in [1.82, 2.24) is 0 Å². The zero-order valence-electron chi connectivity index (χ0n) is 20.9. The molecule has 0 heterocycles. The monoisotopic (exact) mass is 446 g/mol. The van der Waals surface area contributed by atoms with Crippen LogP contribution in [0.1, 0.15) is 111 Å². The van der Waals surface area contributed by atoms with Crippen LogP contribution in [-0.4, -0.2) is 17.0 Å². The maximum atomic E-state index is 10.2. The average molecular weight is 447 g/mol. The Labute approximate surface area is 198 Å². The van der Waals surface area contributed by atoms with Gasteiger partial charge in [0.1, 0.15) is 0 Å². The molecule has 0 amide bonds. The van der Waals surface area contributed by atoms with Gasteiger partial charge in [0.2, 0.25) is 0 Å². The molecule has 4 aliphatic carbocycles. The average Bonchev–Trinajstić information content (AvgIpc) is 3.10. The molecule has 3 fully saturated rings. The van der Waals surface area contributed by atoms with E-state index in [2.05, 4.69) is 46.4 Å². The molecule has 0 aromatic rings. The minimum absolute atomic E-state index is 0.0814. The molecule has 0 aliphatic heterocycles. The number of fused-ring (bicyclic) bond motifs is 5. The molecule has 1 nitrogen and oxygen atoms in total. The molecule has 0 bridgehead atoms. The second kappa shape index (κ2) is 9.73.